The third-order valence-electron chi connectivity index (χ3n) is 4.25. The van der Waals surface area contributed by atoms with Gasteiger partial charge in [0.15, 0.2) is 0 Å². The molecule has 5 heteroatoms. The van der Waals surface area contributed by atoms with E-state index in [9.17, 15) is 0 Å². The van der Waals surface area contributed by atoms with Crippen LogP contribution >= 0.6 is 0 Å². The summed E-state index contributed by atoms with van der Waals surface area (Å²) < 4.78 is 5.18. The topological polar surface area (TPSA) is 59.1 Å². The summed E-state index contributed by atoms with van der Waals surface area (Å²) in [6, 6.07) is 16.2. The third kappa shape index (κ3) is 4.51. The van der Waals surface area contributed by atoms with Crippen molar-refractivity contribution in [3.63, 3.8) is 0 Å². The van der Waals surface area contributed by atoms with E-state index in [1.54, 1.807) is 13.3 Å². The lowest BCUT2D eigenvalue weighted by atomic mass is 10.1. The molecule has 2 aromatic carbocycles. The molecule has 0 saturated heterocycles. The van der Waals surface area contributed by atoms with Gasteiger partial charge in [-0.2, -0.15) is 4.98 Å². The van der Waals surface area contributed by atoms with Crippen LogP contribution in [0.2, 0.25) is 0 Å². The van der Waals surface area contributed by atoms with Gasteiger partial charge in [-0.1, -0.05) is 30.3 Å². The Hall–Kier alpha value is -3.08. The van der Waals surface area contributed by atoms with Gasteiger partial charge in [-0.25, -0.2) is 4.98 Å². The minimum atomic E-state index is 0.620. The molecule has 0 aliphatic rings. The Kier molecular flexibility index (Phi) is 5.69. The van der Waals surface area contributed by atoms with Crippen LogP contribution in [-0.2, 0) is 6.42 Å². The number of hydrogen-bond acceptors (Lipinski definition) is 5. The number of aryl methyl sites for hydroxylation is 2. The van der Waals surface area contributed by atoms with Gasteiger partial charge in [-0.3, -0.25) is 0 Å². The summed E-state index contributed by atoms with van der Waals surface area (Å²) in [6.07, 6.45) is 2.65. The predicted octanol–water partition coefficient (Wildman–Crippen LogP) is 4.50. The van der Waals surface area contributed by atoms with E-state index in [1.807, 2.05) is 18.2 Å². The maximum absolute atomic E-state index is 5.18. The van der Waals surface area contributed by atoms with E-state index in [2.05, 4.69) is 64.8 Å². The maximum Gasteiger partial charge on any atom is 0.224 e. The van der Waals surface area contributed by atoms with Crippen LogP contribution in [0, 0.1) is 13.8 Å². The summed E-state index contributed by atoms with van der Waals surface area (Å²) in [5.41, 5.74) is 4.72. The van der Waals surface area contributed by atoms with Crippen molar-refractivity contribution in [2.75, 3.05) is 24.3 Å². The largest absolute Gasteiger partial charge is 0.497 e. The van der Waals surface area contributed by atoms with Crippen LogP contribution in [0.15, 0.2) is 54.7 Å². The zero-order valence-corrected chi connectivity index (χ0v) is 15.4. The van der Waals surface area contributed by atoms with Crippen LogP contribution in [0.4, 0.5) is 17.5 Å². The molecule has 0 fully saturated rings. The van der Waals surface area contributed by atoms with E-state index in [-0.39, 0.29) is 0 Å². The molecule has 0 aliphatic heterocycles. The Morgan fingerprint density at radius 1 is 0.962 bits per heavy atom. The monoisotopic (exact) mass is 348 g/mol. The molecule has 0 saturated carbocycles. The van der Waals surface area contributed by atoms with Gasteiger partial charge in [0, 0.05) is 18.4 Å². The first-order valence-electron chi connectivity index (χ1n) is 8.69. The van der Waals surface area contributed by atoms with Crippen LogP contribution in [0.5, 0.6) is 5.75 Å². The fourth-order valence-corrected chi connectivity index (χ4v) is 2.76. The van der Waals surface area contributed by atoms with Crippen LogP contribution in [0.25, 0.3) is 0 Å². The summed E-state index contributed by atoms with van der Waals surface area (Å²) in [4.78, 5) is 8.86. The number of nitrogens with one attached hydrogen (secondary N) is 2. The second-order valence-corrected chi connectivity index (χ2v) is 6.18. The zero-order valence-electron chi connectivity index (χ0n) is 15.4. The van der Waals surface area contributed by atoms with Crippen molar-refractivity contribution in [1.82, 2.24) is 9.97 Å². The maximum atomic E-state index is 5.18. The van der Waals surface area contributed by atoms with E-state index in [1.165, 1.54) is 16.7 Å². The first kappa shape index (κ1) is 17.7. The van der Waals surface area contributed by atoms with Gasteiger partial charge >= 0.3 is 0 Å². The molecule has 0 spiro atoms. The van der Waals surface area contributed by atoms with Crippen LogP contribution in [0.3, 0.4) is 0 Å². The highest BCUT2D eigenvalue weighted by Gasteiger charge is 2.05. The first-order chi connectivity index (χ1) is 12.7. The highest BCUT2D eigenvalue weighted by Crippen LogP contribution is 2.23. The fourth-order valence-electron chi connectivity index (χ4n) is 2.76. The van der Waals surface area contributed by atoms with Crippen molar-refractivity contribution in [1.29, 1.82) is 0 Å². The molecule has 0 amide bonds. The minimum absolute atomic E-state index is 0.620. The Bertz CT molecular complexity index is 842. The molecular formula is C21H24N4O. The van der Waals surface area contributed by atoms with Crippen LogP contribution in [-0.4, -0.2) is 23.6 Å². The molecule has 0 bridgehead atoms. The minimum Gasteiger partial charge on any atom is -0.497 e. The van der Waals surface area contributed by atoms with Crippen LogP contribution < -0.4 is 15.4 Å². The van der Waals surface area contributed by atoms with Gasteiger partial charge in [0.2, 0.25) is 5.95 Å². The Morgan fingerprint density at radius 3 is 2.38 bits per heavy atom. The average Bonchev–Trinajstić information content (AvgIpc) is 2.66. The lowest BCUT2D eigenvalue weighted by Gasteiger charge is -2.12. The predicted molar refractivity (Wildman–Crippen MR) is 106 cm³/mol. The van der Waals surface area contributed by atoms with E-state index in [0.717, 1.165) is 30.2 Å². The molecule has 5 nitrogen and oxygen atoms in total. The Balaban J connectivity index is 1.60. The number of anilines is 3. The number of hydrogen-bond donors (Lipinski definition) is 2. The quantitative estimate of drug-likeness (QED) is 0.658. The molecule has 0 atom stereocenters. The lowest BCUT2D eigenvalue weighted by molar-refractivity contribution is 0.414. The average molecular weight is 348 g/mol. The Morgan fingerprint density at radius 2 is 1.69 bits per heavy atom. The van der Waals surface area contributed by atoms with Crippen molar-refractivity contribution >= 4 is 17.5 Å². The highest BCUT2D eigenvalue weighted by molar-refractivity contribution is 5.64. The molecule has 0 unspecified atom stereocenters. The first-order valence-corrected chi connectivity index (χ1v) is 8.69. The van der Waals surface area contributed by atoms with E-state index < -0.39 is 0 Å². The van der Waals surface area contributed by atoms with Crippen molar-refractivity contribution in [2.24, 2.45) is 0 Å². The fraction of sp³-hybridized carbons (Fsp3) is 0.238. The van der Waals surface area contributed by atoms with Crippen LogP contribution in [0.1, 0.15) is 16.7 Å². The number of rotatable bonds is 7. The summed E-state index contributed by atoms with van der Waals surface area (Å²) >= 11 is 0. The number of aromatic nitrogens is 2. The van der Waals surface area contributed by atoms with Crippen molar-refractivity contribution in [2.45, 2.75) is 20.3 Å². The second-order valence-electron chi connectivity index (χ2n) is 6.18. The summed E-state index contributed by atoms with van der Waals surface area (Å²) in [5.74, 6) is 2.27. The van der Waals surface area contributed by atoms with Gasteiger partial charge in [0.1, 0.15) is 11.6 Å². The highest BCUT2D eigenvalue weighted by atomic mass is 16.5. The smallest absolute Gasteiger partial charge is 0.224 e. The van der Waals surface area contributed by atoms with E-state index >= 15 is 0 Å². The molecule has 3 aromatic rings. The second kappa shape index (κ2) is 8.34. The van der Waals surface area contributed by atoms with Gasteiger partial charge in [0.25, 0.3) is 0 Å². The number of ether oxygens (including phenoxy) is 1. The Labute approximate surface area is 154 Å². The normalized spacial score (nSPS) is 10.4. The molecule has 2 N–H and O–H groups in total. The lowest BCUT2D eigenvalue weighted by Crippen LogP contribution is -2.09. The number of nitrogens with zero attached hydrogens (tertiary/aromatic N) is 2. The number of para-hydroxylation sites is 1. The van der Waals surface area contributed by atoms with Gasteiger partial charge in [-0.05, 0) is 55.2 Å². The van der Waals surface area contributed by atoms with Gasteiger partial charge < -0.3 is 15.4 Å². The molecule has 0 radical (unpaired) electrons. The van der Waals surface area contributed by atoms with Gasteiger partial charge in [-0.15, -0.1) is 0 Å². The van der Waals surface area contributed by atoms with Crippen molar-refractivity contribution in [3.05, 3.63) is 71.4 Å². The molecule has 1 heterocycles. The van der Waals surface area contributed by atoms with E-state index in [4.69, 9.17) is 4.74 Å². The summed E-state index contributed by atoms with van der Waals surface area (Å²) in [6.45, 7) is 4.94. The molecule has 26 heavy (non-hydrogen) atoms. The van der Waals surface area contributed by atoms with Crippen molar-refractivity contribution in [3.8, 4) is 5.75 Å². The van der Waals surface area contributed by atoms with Gasteiger partial charge in [0.05, 0.1) is 7.11 Å². The standard InChI is InChI=1S/C21H24N4O/c1-15-5-4-6-16(2)20(15)24-19-12-14-23-21(25-19)22-13-11-17-7-9-18(26-3)10-8-17/h4-10,12,14H,11,13H2,1-3H3,(H2,22,23,24,25). The SMILES string of the molecule is COc1ccc(CCNc2nccc(Nc3c(C)cccc3C)n2)cc1. The molecule has 1 aromatic heterocycles. The third-order valence-corrected chi connectivity index (χ3v) is 4.25. The molecule has 3 rings (SSSR count). The zero-order chi connectivity index (χ0) is 18.4. The van der Waals surface area contributed by atoms with E-state index in [0.29, 0.717) is 5.95 Å². The molecule has 0 aliphatic carbocycles. The summed E-state index contributed by atoms with van der Waals surface area (Å²) in [7, 11) is 1.67. The molecular weight excluding hydrogens is 324 g/mol. The van der Waals surface area contributed by atoms with Crippen molar-refractivity contribution < 1.29 is 4.74 Å². The summed E-state index contributed by atoms with van der Waals surface area (Å²) in [5, 5.41) is 6.68. The molecule has 134 valence electrons. The number of methoxy groups -OCH3 is 1. The number of benzene rings is 2.